The van der Waals surface area contributed by atoms with Crippen LogP contribution in [0.5, 0.6) is 0 Å². The average molecular weight is 412 g/mol. The SMILES string of the molecule is CC(C)N(C)C(=O)[C@@H]1CCCN(C(=O)Nc2cccc(Cn3cccnc3=O)c2)C1. The number of hydrogen-bond acceptors (Lipinski definition) is 4. The van der Waals surface area contributed by atoms with Gasteiger partial charge in [-0.3, -0.25) is 9.36 Å². The summed E-state index contributed by atoms with van der Waals surface area (Å²) in [5, 5.41) is 2.92. The molecule has 1 aromatic carbocycles. The van der Waals surface area contributed by atoms with E-state index >= 15 is 0 Å². The number of anilines is 1. The standard InChI is InChI=1S/C22H29N5O3/c1-16(2)25(3)20(28)18-8-5-11-27(15-18)22(30)24-19-9-4-7-17(13-19)14-26-12-6-10-23-21(26)29/h4,6-7,9-10,12-13,16,18H,5,8,11,14-15H2,1-3H3,(H,24,30)/t18-/m1/s1. The van der Waals surface area contributed by atoms with Gasteiger partial charge in [0.05, 0.1) is 12.5 Å². The first-order valence-corrected chi connectivity index (χ1v) is 10.3. The summed E-state index contributed by atoms with van der Waals surface area (Å²) in [4.78, 5) is 44.5. The topological polar surface area (TPSA) is 87.5 Å². The number of piperidine rings is 1. The zero-order valence-electron chi connectivity index (χ0n) is 17.7. The molecule has 8 nitrogen and oxygen atoms in total. The first kappa shape index (κ1) is 21.5. The van der Waals surface area contributed by atoms with Gasteiger partial charge in [-0.1, -0.05) is 12.1 Å². The van der Waals surface area contributed by atoms with Crippen molar-refractivity contribution in [3.63, 3.8) is 0 Å². The Morgan fingerprint density at radius 3 is 2.83 bits per heavy atom. The van der Waals surface area contributed by atoms with E-state index in [-0.39, 0.29) is 29.6 Å². The number of carbonyl (C=O) groups excluding carboxylic acids is 2. The van der Waals surface area contributed by atoms with Crippen LogP contribution in [-0.4, -0.2) is 57.5 Å². The lowest BCUT2D eigenvalue weighted by Crippen LogP contribution is -2.48. The summed E-state index contributed by atoms with van der Waals surface area (Å²) < 4.78 is 1.51. The number of urea groups is 1. The van der Waals surface area contributed by atoms with E-state index in [1.165, 1.54) is 10.8 Å². The molecule has 2 aromatic rings. The molecule has 2 heterocycles. The van der Waals surface area contributed by atoms with Crippen LogP contribution in [0.15, 0.2) is 47.5 Å². The summed E-state index contributed by atoms with van der Waals surface area (Å²) in [5.41, 5.74) is 1.22. The number of aromatic nitrogens is 2. The molecule has 1 saturated heterocycles. The van der Waals surface area contributed by atoms with Crippen LogP contribution >= 0.6 is 0 Å². The van der Waals surface area contributed by atoms with E-state index in [0.29, 0.717) is 25.3 Å². The van der Waals surface area contributed by atoms with Crippen molar-refractivity contribution in [2.24, 2.45) is 5.92 Å². The maximum Gasteiger partial charge on any atom is 0.347 e. The van der Waals surface area contributed by atoms with Crippen molar-refractivity contribution in [2.45, 2.75) is 39.3 Å². The van der Waals surface area contributed by atoms with Crippen LogP contribution in [-0.2, 0) is 11.3 Å². The van der Waals surface area contributed by atoms with Crippen LogP contribution in [0.3, 0.4) is 0 Å². The number of nitrogens with one attached hydrogen (secondary N) is 1. The van der Waals surface area contributed by atoms with Crippen molar-refractivity contribution in [2.75, 3.05) is 25.5 Å². The van der Waals surface area contributed by atoms with Gasteiger partial charge in [0.15, 0.2) is 0 Å². The van der Waals surface area contributed by atoms with Crippen molar-refractivity contribution < 1.29 is 9.59 Å². The molecule has 1 N–H and O–H groups in total. The van der Waals surface area contributed by atoms with Gasteiger partial charge in [0, 0.05) is 44.3 Å². The highest BCUT2D eigenvalue weighted by Crippen LogP contribution is 2.21. The van der Waals surface area contributed by atoms with Crippen LogP contribution in [0.1, 0.15) is 32.3 Å². The van der Waals surface area contributed by atoms with Crippen molar-refractivity contribution in [3.8, 4) is 0 Å². The highest BCUT2D eigenvalue weighted by molar-refractivity contribution is 5.90. The second kappa shape index (κ2) is 9.56. The van der Waals surface area contributed by atoms with Crippen LogP contribution in [0.4, 0.5) is 10.5 Å². The van der Waals surface area contributed by atoms with Crippen molar-refractivity contribution >= 4 is 17.6 Å². The molecular weight excluding hydrogens is 382 g/mol. The smallest absolute Gasteiger partial charge is 0.343 e. The zero-order chi connectivity index (χ0) is 21.7. The Morgan fingerprint density at radius 2 is 2.10 bits per heavy atom. The third-order valence-corrected chi connectivity index (χ3v) is 5.49. The molecule has 30 heavy (non-hydrogen) atoms. The zero-order valence-corrected chi connectivity index (χ0v) is 17.7. The molecule has 8 heteroatoms. The molecule has 3 amide bonds. The maximum atomic E-state index is 12.8. The minimum absolute atomic E-state index is 0.0893. The summed E-state index contributed by atoms with van der Waals surface area (Å²) >= 11 is 0. The van der Waals surface area contributed by atoms with Crippen LogP contribution in [0.25, 0.3) is 0 Å². The number of hydrogen-bond donors (Lipinski definition) is 1. The fourth-order valence-corrected chi connectivity index (χ4v) is 3.56. The molecule has 1 aliphatic heterocycles. The maximum absolute atomic E-state index is 12.8. The number of likely N-dealkylation sites (tertiary alicyclic amines) is 1. The van der Waals surface area contributed by atoms with Gasteiger partial charge in [0.25, 0.3) is 0 Å². The largest absolute Gasteiger partial charge is 0.347 e. The number of amides is 3. The minimum Gasteiger partial charge on any atom is -0.343 e. The van der Waals surface area contributed by atoms with Gasteiger partial charge >= 0.3 is 11.7 Å². The Hall–Kier alpha value is -3.16. The van der Waals surface area contributed by atoms with E-state index in [4.69, 9.17) is 0 Å². The predicted octanol–water partition coefficient (Wildman–Crippen LogP) is 2.40. The fourth-order valence-electron chi connectivity index (χ4n) is 3.56. The van der Waals surface area contributed by atoms with Gasteiger partial charge in [-0.25, -0.2) is 14.6 Å². The van der Waals surface area contributed by atoms with Crippen LogP contribution in [0.2, 0.25) is 0 Å². The summed E-state index contributed by atoms with van der Waals surface area (Å²) in [6.07, 6.45) is 4.75. The Kier molecular flexibility index (Phi) is 6.87. The average Bonchev–Trinajstić information content (AvgIpc) is 2.74. The number of carbonyl (C=O) groups is 2. The van der Waals surface area contributed by atoms with Gasteiger partial charge in [-0.15, -0.1) is 0 Å². The molecule has 1 aromatic heterocycles. The molecule has 1 atom stereocenters. The van der Waals surface area contributed by atoms with Gasteiger partial charge in [0.1, 0.15) is 0 Å². The highest BCUT2D eigenvalue weighted by Gasteiger charge is 2.30. The van der Waals surface area contributed by atoms with E-state index in [2.05, 4.69) is 10.3 Å². The summed E-state index contributed by atoms with van der Waals surface area (Å²) in [6.45, 7) is 5.39. The molecule has 160 valence electrons. The fraction of sp³-hybridized carbons (Fsp3) is 0.455. The second-order valence-corrected chi connectivity index (χ2v) is 7.99. The third kappa shape index (κ3) is 5.25. The number of nitrogens with zero attached hydrogens (tertiary/aromatic N) is 4. The van der Waals surface area contributed by atoms with E-state index in [9.17, 15) is 14.4 Å². The van der Waals surface area contributed by atoms with E-state index < -0.39 is 0 Å². The van der Waals surface area contributed by atoms with E-state index in [0.717, 1.165) is 18.4 Å². The minimum atomic E-state index is -0.317. The van der Waals surface area contributed by atoms with Gasteiger partial charge in [-0.05, 0) is 50.5 Å². The first-order valence-electron chi connectivity index (χ1n) is 10.3. The van der Waals surface area contributed by atoms with Crippen LogP contribution in [0, 0.1) is 5.92 Å². The van der Waals surface area contributed by atoms with Gasteiger partial charge in [0.2, 0.25) is 5.91 Å². The Bertz CT molecular complexity index is 956. The summed E-state index contributed by atoms with van der Waals surface area (Å²) in [5.74, 6) is -0.0768. The van der Waals surface area contributed by atoms with E-state index in [1.807, 2.05) is 45.2 Å². The molecule has 0 aliphatic carbocycles. The highest BCUT2D eigenvalue weighted by atomic mass is 16.2. The number of rotatable bonds is 5. The molecule has 0 spiro atoms. The quantitative estimate of drug-likeness (QED) is 0.818. The molecule has 0 unspecified atom stereocenters. The molecule has 0 saturated carbocycles. The third-order valence-electron chi connectivity index (χ3n) is 5.49. The normalized spacial score (nSPS) is 16.4. The van der Waals surface area contributed by atoms with Crippen LogP contribution < -0.4 is 11.0 Å². The second-order valence-electron chi connectivity index (χ2n) is 7.99. The monoisotopic (exact) mass is 411 g/mol. The molecule has 0 bridgehead atoms. The van der Waals surface area contributed by atoms with Gasteiger partial charge < -0.3 is 15.1 Å². The lowest BCUT2D eigenvalue weighted by Gasteiger charge is -2.35. The molecule has 1 aliphatic rings. The molecule has 3 rings (SSSR count). The lowest BCUT2D eigenvalue weighted by atomic mass is 9.96. The summed E-state index contributed by atoms with van der Waals surface area (Å²) in [7, 11) is 1.81. The van der Waals surface area contributed by atoms with Crippen molar-refractivity contribution in [3.05, 3.63) is 58.8 Å². The van der Waals surface area contributed by atoms with Crippen molar-refractivity contribution in [1.82, 2.24) is 19.4 Å². The summed E-state index contributed by atoms with van der Waals surface area (Å²) in [6, 6.07) is 9.02. The molecular formula is C22H29N5O3. The Morgan fingerprint density at radius 1 is 1.30 bits per heavy atom. The molecule has 1 fully saturated rings. The lowest BCUT2D eigenvalue weighted by molar-refractivity contribution is -0.137. The first-order chi connectivity index (χ1) is 14.3. The molecule has 0 radical (unpaired) electrons. The van der Waals surface area contributed by atoms with Crippen molar-refractivity contribution in [1.29, 1.82) is 0 Å². The Balaban J connectivity index is 1.63. The predicted molar refractivity (Wildman–Crippen MR) is 115 cm³/mol. The van der Waals surface area contributed by atoms with E-state index in [1.54, 1.807) is 22.1 Å². The number of benzene rings is 1. The van der Waals surface area contributed by atoms with Gasteiger partial charge in [-0.2, -0.15) is 0 Å². The Labute approximate surface area is 176 Å².